The van der Waals surface area contributed by atoms with E-state index in [0.29, 0.717) is 22.8 Å². The first-order valence-corrected chi connectivity index (χ1v) is 10.2. The number of aromatic amines is 1. The molecular weight excluding hydrogens is 392 g/mol. The first kappa shape index (κ1) is 18.8. The molecule has 1 N–H and O–H groups in total. The summed E-state index contributed by atoms with van der Waals surface area (Å²) in [4.78, 5) is 15.1. The van der Waals surface area contributed by atoms with Crippen LogP contribution in [0, 0.1) is 6.92 Å². The Morgan fingerprint density at radius 1 is 0.862 bits per heavy atom. The molecule has 0 aliphatic carbocycles. The summed E-state index contributed by atoms with van der Waals surface area (Å²) in [5.74, 6) is 1.75. The summed E-state index contributed by atoms with van der Waals surface area (Å²) >= 11 is 0. The van der Waals surface area contributed by atoms with Gasteiger partial charge in [-0.15, -0.1) is 0 Å². The summed E-state index contributed by atoms with van der Waals surface area (Å²) in [6.45, 7) is 1.86. The van der Waals surface area contributed by atoms with E-state index in [1.54, 1.807) is 55.6 Å². The van der Waals surface area contributed by atoms with Gasteiger partial charge in [0, 0.05) is 6.07 Å². The lowest BCUT2D eigenvalue weighted by Crippen LogP contribution is -2.25. The highest BCUT2D eigenvalue weighted by Gasteiger charge is 2.22. The van der Waals surface area contributed by atoms with Crippen LogP contribution in [0.4, 0.5) is 0 Å². The molecule has 0 atom stereocenters. The van der Waals surface area contributed by atoms with Gasteiger partial charge in [-0.2, -0.15) is 3.97 Å². The number of rotatable bonds is 5. The van der Waals surface area contributed by atoms with Crippen molar-refractivity contribution < 1.29 is 17.9 Å². The van der Waals surface area contributed by atoms with E-state index in [1.807, 2.05) is 6.92 Å². The minimum atomic E-state index is -4.03. The van der Waals surface area contributed by atoms with Crippen LogP contribution in [-0.2, 0) is 10.0 Å². The number of hydrogen-bond acceptors (Lipinski definition) is 5. The number of H-pyrrole nitrogens is 1. The number of fused-ring (bicyclic) bond motifs is 1. The lowest BCUT2D eigenvalue weighted by Gasteiger charge is -2.08. The highest BCUT2D eigenvalue weighted by molar-refractivity contribution is 7.90. The Balaban J connectivity index is 1.73. The number of aromatic nitrogens is 2. The molecule has 0 saturated heterocycles. The number of ether oxygens (including phenoxy) is 2. The average molecular weight is 410 g/mol. The average Bonchev–Trinajstić information content (AvgIpc) is 3.04. The van der Waals surface area contributed by atoms with Crippen LogP contribution in [0.5, 0.6) is 17.2 Å². The van der Waals surface area contributed by atoms with E-state index in [4.69, 9.17) is 9.47 Å². The van der Waals surface area contributed by atoms with Crippen molar-refractivity contribution >= 4 is 21.1 Å². The third kappa shape index (κ3) is 3.50. The fourth-order valence-electron chi connectivity index (χ4n) is 2.97. The minimum Gasteiger partial charge on any atom is -0.497 e. The zero-order valence-electron chi connectivity index (χ0n) is 15.7. The van der Waals surface area contributed by atoms with Gasteiger partial charge >= 0.3 is 5.69 Å². The lowest BCUT2D eigenvalue weighted by atomic mass is 10.2. The normalized spacial score (nSPS) is 11.5. The molecule has 0 unspecified atom stereocenters. The fraction of sp³-hybridized carbons (Fsp3) is 0.0952. The van der Waals surface area contributed by atoms with Crippen LogP contribution in [0.2, 0.25) is 0 Å². The third-order valence-electron chi connectivity index (χ3n) is 4.47. The predicted molar refractivity (Wildman–Crippen MR) is 109 cm³/mol. The van der Waals surface area contributed by atoms with Gasteiger partial charge in [0.05, 0.1) is 23.0 Å². The van der Waals surface area contributed by atoms with Crippen molar-refractivity contribution in [3.63, 3.8) is 0 Å². The number of imidazole rings is 1. The van der Waals surface area contributed by atoms with E-state index in [0.717, 1.165) is 9.54 Å². The number of hydrogen-bond donors (Lipinski definition) is 1. The predicted octanol–water partition coefficient (Wildman–Crippen LogP) is 3.68. The van der Waals surface area contributed by atoms with Gasteiger partial charge in [-0.3, -0.25) is 0 Å². The summed E-state index contributed by atoms with van der Waals surface area (Å²) in [6, 6.07) is 18.1. The van der Waals surface area contributed by atoms with E-state index in [-0.39, 0.29) is 10.4 Å². The van der Waals surface area contributed by atoms with Crippen LogP contribution >= 0.6 is 0 Å². The molecule has 0 amide bonds. The van der Waals surface area contributed by atoms with Gasteiger partial charge in [-0.1, -0.05) is 17.7 Å². The van der Waals surface area contributed by atoms with Crippen LogP contribution in [0.15, 0.2) is 76.4 Å². The van der Waals surface area contributed by atoms with Crippen LogP contribution < -0.4 is 15.2 Å². The van der Waals surface area contributed by atoms with Crippen molar-refractivity contribution in [2.24, 2.45) is 0 Å². The highest BCUT2D eigenvalue weighted by Crippen LogP contribution is 2.27. The van der Waals surface area contributed by atoms with Crippen LogP contribution in [0.25, 0.3) is 11.0 Å². The van der Waals surface area contributed by atoms with Crippen molar-refractivity contribution in [2.75, 3.05) is 7.11 Å². The first-order chi connectivity index (χ1) is 13.9. The van der Waals surface area contributed by atoms with E-state index < -0.39 is 15.7 Å². The molecule has 7 nitrogen and oxygen atoms in total. The SMILES string of the molecule is COc1ccc(Oc2ccc3c(c2)[nH]c(=O)n3S(=O)(=O)c2ccc(C)cc2)cc1. The van der Waals surface area contributed by atoms with E-state index in [9.17, 15) is 13.2 Å². The maximum atomic E-state index is 13.0. The Bertz CT molecular complexity index is 1330. The molecule has 4 rings (SSSR count). The number of aryl methyl sites for hydroxylation is 1. The van der Waals surface area contributed by atoms with Gasteiger partial charge < -0.3 is 14.5 Å². The van der Waals surface area contributed by atoms with Crippen LogP contribution in [0.3, 0.4) is 0 Å². The second kappa shape index (κ2) is 7.14. The van der Waals surface area contributed by atoms with Crippen molar-refractivity contribution in [3.8, 4) is 17.2 Å². The van der Waals surface area contributed by atoms with Crippen LogP contribution in [0.1, 0.15) is 5.56 Å². The van der Waals surface area contributed by atoms with Gasteiger partial charge in [0.15, 0.2) is 0 Å². The summed E-state index contributed by atoms with van der Waals surface area (Å²) in [6.07, 6.45) is 0. The molecule has 0 radical (unpaired) electrons. The Labute approximate surface area is 167 Å². The number of nitrogens with one attached hydrogen (secondary N) is 1. The molecule has 29 heavy (non-hydrogen) atoms. The largest absolute Gasteiger partial charge is 0.497 e. The smallest absolute Gasteiger partial charge is 0.340 e. The van der Waals surface area contributed by atoms with E-state index in [1.165, 1.54) is 18.2 Å². The Morgan fingerprint density at radius 3 is 2.14 bits per heavy atom. The Kier molecular flexibility index (Phi) is 4.63. The third-order valence-corrected chi connectivity index (χ3v) is 6.18. The molecule has 148 valence electrons. The topological polar surface area (TPSA) is 90.4 Å². The van der Waals surface area contributed by atoms with Crippen molar-refractivity contribution in [2.45, 2.75) is 11.8 Å². The minimum absolute atomic E-state index is 0.0460. The molecular formula is C21H18N2O5S. The van der Waals surface area contributed by atoms with Crippen molar-refractivity contribution in [3.05, 3.63) is 82.8 Å². The maximum absolute atomic E-state index is 13.0. The summed E-state index contributed by atoms with van der Waals surface area (Å²) < 4.78 is 37.6. The molecule has 8 heteroatoms. The molecule has 0 fully saturated rings. The van der Waals surface area contributed by atoms with Gasteiger partial charge in [0.1, 0.15) is 17.2 Å². The molecule has 0 aliphatic rings. The summed E-state index contributed by atoms with van der Waals surface area (Å²) in [5, 5.41) is 0. The molecule has 4 aromatic rings. The van der Waals surface area contributed by atoms with Gasteiger partial charge in [-0.25, -0.2) is 13.2 Å². The molecule has 0 bridgehead atoms. The number of methoxy groups -OCH3 is 1. The standard InChI is InChI=1S/C21H18N2O5S/c1-14-3-10-18(11-4-14)29(25,26)23-20-12-9-17(13-19(20)22-21(23)24)28-16-7-5-15(27-2)6-8-16/h3-13H,1-2H3,(H,22,24). The van der Waals surface area contributed by atoms with Crippen LogP contribution in [-0.4, -0.2) is 24.5 Å². The summed E-state index contributed by atoms with van der Waals surface area (Å²) in [5.41, 5.74) is 0.798. The van der Waals surface area contributed by atoms with Gasteiger partial charge in [0.2, 0.25) is 0 Å². The zero-order chi connectivity index (χ0) is 20.6. The number of benzene rings is 3. The molecule has 3 aromatic carbocycles. The first-order valence-electron chi connectivity index (χ1n) is 8.77. The zero-order valence-corrected chi connectivity index (χ0v) is 16.6. The van der Waals surface area contributed by atoms with Crippen molar-refractivity contribution in [1.29, 1.82) is 0 Å². The molecule has 0 aliphatic heterocycles. The molecule has 1 heterocycles. The van der Waals surface area contributed by atoms with Gasteiger partial charge in [-0.05, 0) is 55.5 Å². The fourth-order valence-corrected chi connectivity index (χ4v) is 4.34. The Hall–Kier alpha value is -3.52. The van der Waals surface area contributed by atoms with Gasteiger partial charge in [0.25, 0.3) is 10.0 Å². The maximum Gasteiger partial charge on any atom is 0.340 e. The quantitative estimate of drug-likeness (QED) is 0.542. The van der Waals surface area contributed by atoms with E-state index in [2.05, 4.69) is 4.98 Å². The monoisotopic (exact) mass is 410 g/mol. The Morgan fingerprint density at radius 2 is 1.48 bits per heavy atom. The lowest BCUT2D eigenvalue weighted by molar-refractivity contribution is 0.413. The molecule has 1 aromatic heterocycles. The summed E-state index contributed by atoms with van der Waals surface area (Å²) in [7, 11) is -2.45. The number of nitrogens with zero attached hydrogens (tertiary/aromatic N) is 1. The second-order valence-corrected chi connectivity index (χ2v) is 8.26. The second-order valence-electron chi connectivity index (χ2n) is 6.47. The van der Waals surface area contributed by atoms with E-state index >= 15 is 0 Å². The molecule has 0 spiro atoms. The van der Waals surface area contributed by atoms with Crippen molar-refractivity contribution in [1.82, 2.24) is 8.96 Å². The molecule has 0 saturated carbocycles. The highest BCUT2D eigenvalue weighted by atomic mass is 32.2.